The Morgan fingerprint density at radius 1 is 1.39 bits per heavy atom. The number of nitrogens with zero attached hydrogens (tertiary/aromatic N) is 5. The second kappa shape index (κ2) is 8.12. The highest BCUT2D eigenvalue weighted by molar-refractivity contribution is 7.99. The Kier molecular flexibility index (Phi) is 5.41. The number of nitrogen functional groups attached to an aromatic ring is 1. The summed E-state index contributed by atoms with van der Waals surface area (Å²) in [5.74, 6) is 0.725. The van der Waals surface area contributed by atoms with Crippen LogP contribution in [0.1, 0.15) is 29.3 Å². The maximum absolute atomic E-state index is 12.7. The van der Waals surface area contributed by atoms with Crippen molar-refractivity contribution >= 4 is 45.0 Å². The van der Waals surface area contributed by atoms with E-state index in [-0.39, 0.29) is 29.0 Å². The van der Waals surface area contributed by atoms with Crippen molar-refractivity contribution in [1.29, 1.82) is 5.26 Å². The van der Waals surface area contributed by atoms with E-state index < -0.39 is 0 Å². The molecule has 0 bridgehead atoms. The molecule has 7 nitrogen and oxygen atoms in total. The van der Waals surface area contributed by atoms with Gasteiger partial charge in [-0.1, -0.05) is 23.9 Å². The maximum Gasteiger partial charge on any atom is 0.233 e. The third kappa shape index (κ3) is 3.93. The molecule has 4 rings (SSSR count). The number of nitriles is 1. The number of amides is 1. The first-order chi connectivity index (χ1) is 13.6. The highest BCUT2D eigenvalue weighted by Gasteiger charge is 2.27. The van der Waals surface area contributed by atoms with Crippen LogP contribution in [0, 0.1) is 11.3 Å². The fraction of sp³-hybridized carbons (Fsp3) is 0.316. The van der Waals surface area contributed by atoms with Crippen molar-refractivity contribution in [3.05, 3.63) is 41.0 Å². The van der Waals surface area contributed by atoms with Gasteiger partial charge in [0.2, 0.25) is 5.91 Å². The summed E-state index contributed by atoms with van der Waals surface area (Å²) in [7, 11) is 0. The normalized spacial score (nSPS) is 16.8. The highest BCUT2D eigenvalue weighted by atomic mass is 32.2. The van der Waals surface area contributed by atoms with E-state index >= 15 is 0 Å². The molecule has 2 N–H and O–H groups in total. The molecular formula is C19H18N6OS2. The quantitative estimate of drug-likeness (QED) is 0.520. The number of carbonyl (C=O) groups is 1. The van der Waals surface area contributed by atoms with Gasteiger partial charge < -0.3 is 10.6 Å². The summed E-state index contributed by atoms with van der Waals surface area (Å²) < 4.78 is 1.19. The molecular weight excluding hydrogens is 392 g/mol. The van der Waals surface area contributed by atoms with Gasteiger partial charge in [-0.2, -0.15) is 5.26 Å². The fourth-order valence-corrected chi connectivity index (χ4v) is 5.04. The number of anilines is 1. The number of rotatable bonds is 4. The molecule has 1 aliphatic heterocycles. The van der Waals surface area contributed by atoms with Crippen LogP contribution < -0.4 is 5.73 Å². The maximum atomic E-state index is 12.7. The fourth-order valence-electron chi connectivity index (χ4n) is 3.22. The average molecular weight is 411 g/mol. The van der Waals surface area contributed by atoms with Crippen molar-refractivity contribution in [1.82, 2.24) is 19.9 Å². The van der Waals surface area contributed by atoms with Gasteiger partial charge in [0.05, 0.1) is 27.2 Å². The Balaban J connectivity index is 1.39. The lowest BCUT2D eigenvalue weighted by Crippen LogP contribution is -2.40. The summed E-state index contributed by atoms with van der Waals surface area (Å²) in [6, 6.07) is 10.1. The Hall–Kier alpha value is -2.70. The molecule has 1 amide bonds. The van der Waals surface area contributed by atoms with Gasteiger partial charge in [-0.25, -0.2) is 15.0 Å². The van der Waals surface area contributed by atoms with Gasteiger partial charge in [-0.15, -0.1) is 11.3 Å². The van der Waals surface area contributed by atoms with E-state index in [9.17, 15) is 4.79 Å². The molecule has 3 heterocycles. The van der Waals surface area contributed by atoms with Crippen LogP contribution in [0.2, 0.25) is 0 Å². The van der Waals surface area contributed by atoms with Crippen LogP contribution in [0.4, 0.5) is 5.82 Å². The van der Waals surface area contributed by atoms with Crippen LogP contribution in [0.25, 0.3) is 10.2 Å². The van der Waals surface area contributed by atoms with E-state index in [0.717, 1.165) is 29.9 Å². The van der Waals surface area contributed by atoms with Gasteiger partial charge in [-0.3, -0.25) is 4.79 Å². The smallest absolute Gasteiger partial charge is 0.233 e. The van der Waals surface area contributed by atoms with Crippen LogP contribution in [-0.2, 0) is 4.79 Å². The molecule has 1 saturated heterocycles. The van der Waals surface area contributed by atoms with Crippen LogP contribution in [0.3, 0.4) is 0 Å². The number of hydrogen-bond donors (Lipinski definition) is 1. The number of aromatic nitrogens is 3. The molecule has 1 atom stereocenters. The number of nitrogens with two attached hydrogens (primary N) is 1. The average Bonchev–Trinajstić information content (AvgIpc) is 3.16. The summed E-state index contributed by atoms with van der Waals surface area (Å²) in [6.45, 7) is 1.45. The minimum absolute atomic E-state index is 0.0577. The van der Waals surface area contributed by atoms with Crippen LogP contribution >= 0.6 is 23.1 Å². The largest absolute Gasteiger partial charge is 0.382 e. The zero-order valence-corrected chi connectivity index (χ0v) is 16.7. The lowest BCUT2D eigenvalue weighted by molar-refractivity contribution is -0.129. The number of thioether (sulfide) groups is 1. The zero-order chi connectivity index (χ0) is 19.5. The number of piperidine rings is 1. The van der Waals surface area contributed by atoms with Crippen LogP contribution in [0.15, 0.2) is 35.6 Å². The van der Waals surface area contributed by atoms with Gasteiger partial charge in [0.1, 0.15) is 17.5 Å². The molecule has 0 saturated carbocycles. The lowest BCUT2D eigenvalue weighted by Gasteiger charge is -2.31. The Morgan fingerprint density at radius 3 is 3.04 bits per heavy atom. The summed E-state index contributed by atoms with van der Waals surface area (Å²) in [6.07, 6.45) is 3.41. The number of fused-ring (bicyclic) bond motifs is 1. The molecule has 1 aromatic carbocycles. The molecule has 0 aliphatic carbocycles. The van der Waals surface area contributed by atoms with Crippen molar-refractivity contribution < 1.29 is 4.79 Å². The molecule has 0 spiro atoms. The molecule has 0 radical (unpaired) electrons. The topological polar surface area (TPSA) is 109 Å². The van der Waals surface area contributed by atoms with Crippen molar-refractivity contribution in [3.8, 4) is 6.07 Å². The van der Waals surface area contributed by atoms with E-state index in [0.29, 0.717) is 11.7 Å². The summed E-state index contributed by atoms with van der Waals surface area (Å²) in [5, 5.41) is 10.4. The molecule has 9 heteroatoms. The van der Waals surface area contributed by atoms with E-state index in [1.165, 1.54) is 22.7 Å². The lowest BCUT2D eigenvalue weighted by atomic mass is 9.99. The standard InChI is InChI=1S/C19H18N6OS2/c20-8-13-9-22-19(24-17(13)21)27-11-16(26)25-7-3-4-12(10-25)18-23-14-5-1-2-6-15(14)28-18/h1-2,5-6,9,12H,3-4,7,10-11H2,(H2,21,22,24)/t12-/m0/s1. The predicted molar refractivity (Wildman–Crippen MR) is 110 cm³/mol. The van der Waals surface area contributed by atoms with Crippen molar-refractivity contribution in [2.24, 2.45) is 0 Å². The first-order valence-electron chi connectivity index (χ1n) is 8.92. The van der Waals surface area contributed by atoms with E-state index in [4.69, 9.17) is 16.0 Å². The molecule has 2 aromatic heterocycles. The predicted octanol–water partition coefficient (Wildman–Crippen LogP) is 3.04. The summed E-state index contributed by atoms with van der Waals surface area (Å²) >= 11 is 2.96. The summed E-state index contributed by atoms with van der Waals surface area (Å²) in [5.41, 5.74) is 6.97. The third-order valence-electron chi connectivity index (χ3n) is 4.68. The monoisotopic (exact) mass is 410 g/mol. The van der Waals surface area contributed by atoms with E-state index in [1.807, 2.05) is 29.2 Å². The van der Waals surface area contributed by atoms with Crippen molar-refractivity contribution in [2.45, 2.75) is 23.9 Å². The van der Waals surface area contributed by atoms with Gasteiger partial charge in [-0.05, 0) is 25.0 Å². The second-order valence-corrected chi connectivity index (χ2v) is 8.56. The number of carbonyl (C=O) groups excluding carboxylic acids is 1. The third-order valence-corrected chi connectivity index (χ3v) is 6.72. The highest BCUT2D eigenvalue weighted by Crippen LogP contribution is 2.33. The SMILES string of the molecule is N#Cc1cnc(SCC(=O)N2CCC[C@H](c3nc4ccccc4s3)C2)nc1N. The molecule has 1 aliphatic rings. The molecule has 0 unspecified atom stereocenters. The number of hydrogen-bond acceptors (Lipinski definition) is 8. The molecule has 142 valence electrons. The number of para-hydroxylation sites is 1. The van der Waals surface area contributed by atoms with Crippen molar-refractivity contribution in [3.63, 3.8) is 0 Å². The Bertz CT molecular complexity index is 1030. The second-order valence-electron chi connectivity index (χ2n) is 6.55. The minimum atomic E-state index is 0.0577. The zero-order valence-electron chi connectivity index (χ0n) is 15.0. The first kappa shape index (κ1) is 18.7. The summed E-state index contributed by atoms with van der Waals surface area (Å²) in [4.78, 5) is 27.5. The van der Waals surface area contributed by atoms with E-state index in [2.05, 4.69) is 16.0 Å². The van der Waals surface area contributed by atoms with Crippen LogP contribution in [-0.4, -0.2) is 44.6 Å². The first-order valence-corrected chi connectivity index (χ1v) is 10.7. The number of likely N-dealkylation sites (tertiary alicyclic amines) is 1. The van der Waals surface area contributed by atoms with Gasteiger partial charge in [0.25, 0.3) is 0 Å². The molecule has 1 fully saturated rings. The molecule has 28 heavy (non-hydrogen) atoms. The number of thiazole rings is 1. The Labute approximate surface area is 170 Å². The van der Waals surface area contributed by atoms with Gasteiger partial charge in [0.15, 0.2) is 5.16 Å². The van der Waals surface area contributed by atoms with Gasteiger partial charge >= 0.3 is 0 Å². The Morgan fingerprint density at radius 2 is 2.25 bits per heavy atom. The van der Waals surface area contributed by atoms with E-state index in [1.54, 1.807) is 11.3 Å². The van der Waals surface area contributed by atoms with Gasteiger partial charge in [0, 0.05) is 19.0 Å². The van der Waals surface area contributed by atoms with Crippen molar-refractivity contribution in [2.75, 3.05) is 24.6 Å². The van der Waals surface area contributed by atoms with Crippen LogP contribution in [0.5, 0.6) is 0 Å². The number of benzene rings is 1. The molecule has 3 aromatic rings. The minimum Gasteiger partial charge on any atom is -0.382 e.